The Kier molecular flexibility index (Phi) is 6.36. The molecular weight excluding hydrogens is 314 g/mol. The first kappa shape index (κ1) is 18.0. The van der Waals surface area contributed by atoms with E-state index in [-0.39, 0.29) is 25.3 Å². The molecule has 2 amide bonds. The molecule has 0 aliphatic carbocycles. The van der Waals surface area contributed by atoms with Crippen molar-refractivity contribution in [2.45, 2.75) is 39.0 Å². The summed E-state index contributed by atoms with van der Waals surface area (Å²) in [5.41, 5.74) is 0.861. The van der Waals surface area contributed by atoms with Gasteiger partial charge < -0.3 is 24.8 Å². The number of carbonyl (C=O) groups excluding carboxylic acids is 1. The molecule has 24 heavy (non-hydrogen) atoms. The number of aromatic nitrogens is 1. The monoisotopic (exact) mass is 337 g/mol. The third kappa shape index (κ3) is 5.09. The molecule has 0 radical (unpaired) electrons. The Balaban J connectivity index is 1.87. The number of carboxylic acid groups (broad SMARTS) is 1. The van der Waals surface area contributed by atoms with Gasteiger partial charge in [-0.1, -0.05) is 6.92 Å². The van der Waals surface area contributed by atoms with Gasteiger partial charge >= 0.3 is 12.0 Å². The number of morpholine rings is 1. The predicted octanol–water partition coefficient (Wildman–Crippen LogP) is 1.25. The van der Waals surface area contributed by atoms with Crippen LogP contribution >= 0.6 is 0 Å². The van der Waals surface area contributed by atoms with Gasteiger partial charge in [0.05, 0.1) is 19.3 Å². The number of urea groups is 1. The molecule has 0 spiro atoms. The van der Waals surface area contributed by atoms with Crippen LogP contribution in [0.5, 0.6) is 5.88 Å². The van der Waals surface area contributed by atoms with Crippen molar-refractivity contribution in [3.05, 3.63) is 23.9 Å². The van der Waals surface area contributed by atoms with E-state index in [1.54, 1.807) is 18.3 Å². The van der Waals surface area contributed by atoms with Crippen LogP contribution in [0.1, 0.15) is 25.8 Å². The van der Waals surface area contributed by atoms with Crippen molar-refractivity contribution in [3.63, 3.8) is 0 Å². The number of nitrogens with zero attached hydrogens (tertiary/aromatic N) is 2. The second-order valence-corrected chi connectivity index (χ2v) is 5.64. The van der Waals surface area contributed by atoms with Crippen molar-refractivity contribution in [2.24, 2.45) is 0 Å². The predicted molar refractivity (Wildman–Crippen MR) is 85.8 cm³/mol. The zero-order chi connectivity index (χ0) is 17.5. The fourth-order valence-electron chi connectivity index (χ4n) is 2.19. The lowest BCUT2D eigenvalue weighted by atomic mass is 10.2. The van der Waals surface area contributed by atoms with Crippen LogP contribution in [-0.4, -0.2) is 58.9 Å². The minimum atomic E-state index is -1.06. The maximum atomic E-state index is 12.2. The summed E-state index contributed by atoms with van der Waals surface area (Å²) in [6.45, 7) is 4.93. The highest BCUT2D eigenvalue weighted by atomic mass is 16.5. The van der Waals surface area contributed by atoms with E-state index in [1.807, 2.05) is 13.8 Å². The molecule has 0 bridgehead atoms. The summed E-state index contributed by atoms with van der Waals surface area (Å²) in [6.07, 6.45) is 1.61. The third-order valence-electron chi connectivity index (χ3n) is 3.77. The van der Waals surface area contributed by atoms with Gasteiger partial charge in [-0.25, -0.2) is 14.6 Å². The molecule has 1 saturated heterocycles. The van der Waals surface area contributed by atoms with E-state index in [4.69, 9.17) is 14.6 Å². The molecule has 2 unspecified atom stereocenters. The van der Waals surface area contributed by atoms with Crippen molar-refractivity contribution in [1.29, 1.82) is 0 Å². The lowest BCUT2D eigenvalue weighted by molar-refractivity contribution is -0.154. The first-order valence-electron chi connectivity index (χ1n) is 7.98. The molecule has 2 N–H and O–H groups in total. The van der Waals surface area contributed by atoms with Gasteiger partial charge in [-0.3, -0.25) is 0 Å². The van der Waals surface area contributed by atoms with Gasteiger partial charge in [0.1, 0.15) is 0 Å². The Morgan fingerprint density at radius 2 is 2.38 bits per heavy atom. The van der Waals surface area contributed by atoms with Gasteiger partial charge in [-0.15, -0.1) is 0 Å². The lowest BCUT2D eigenvalue weighted by Gasteiger charge is -2.30. The van der Waals surface area contributed by atoms with E-state index in [0.717, 1.165) is 12.0 Å². The smallest absolute Gasteiger partial charge is 0.334 e. The molecule has 8 nitrogen and oxygen atoms in total. The quantitative estimate of drug-likeness (QED) is 0.810. The van der Waals surface area contributed by atoms with Crippen molar-refractivity contribution in [2.75, 3.05) is 19.7 Å². The molecule has 1 fully saturated rings. The number of pyridine rings is 1. The number of carboxylic acids is 1. The van der Waals surface area contributed by atoms with Gasteiger partial charge in [0, 0.05) is 25.4 Å². The van der Waals surface area contributed by atoms with Crippen LogP contribution in [0.25, 0.3) is 0 Å². The third-order valence-corrected chi connectivity index (χ3v) is 3.77. The largest absolute Gasteiger partial charge is 0.479 e. The molecule has 2 atom stereocenters. The molecule has 1 aromatic rings. The Morgan fingerprint density at radius 1 is 1.58 bits per heavy atom. The molecule has 0 saturated carbocycles. The molecule has 1 aliphatic heterocycles. The van der Waals surface area contributed by atoms with Gasteiger partial charge in [-0.2, -0.15) is 0 Å². The number of rotatable bonds is 6. The second-order valence-electron chi connectivity index (χ2n) is 5.64. The Bertz CT molecular complexity index is 581. The van der Waals surface area contributed by atoms with Gasteiger partial charge in [0.2, 0.25) is 5.88 Å². The maximum Gasteiger partial charge on any atom is 0.334 e. The molecular formula is C16H23N3O5. The van der Waals surface area contributed by atoms with Crippen molar-refractivity contribution < 1.29 is 24.2 Å². The molecule has 2 rings (SSSR count). The van der Waals surface area contributed by atoms with Crippen LogP contribution in [0, 0.1) is 0 Å². The fraction of sp³-hybridized carbons (Fsp3) is 0.562. The molecule has 132 valence electrons. The Labute approximate surface area is 140 Å². The van der Waals surface area contributed by atoms with E-state index in [1.165, 1.54) is 4.90 Å². The number of aliphatic carboxylic acids is 1. The number of nitrogens with one attached hydrogen (secondary N) is 1. The minimum absolute atomic E-state index is 0.0416. The topological polar surface area (TPSA) is 101 Å². The number of carbonyl (C=O) groups is 2. The van der Waals surface area contributed by atoms with E-state index in [2.05, 4.69) is 10.3 Å². The summed E-state index contributed by atoms with van der Waals surface area (Å²) in [5, 5.41) is 11.7. The zero-order valence-corrected chi connectivity index (χ0v) is 13.9. The molecule has 2 heterocycles. The standard InChI is InChI=1S/C16H23N3O5/c1-3-11(2)24-14-8-12(4-5-17-14)9-18-16(22)19-6-7-23-13(10-19)15(20)21/h4-5,8,11,13H,3,6-7,9-10H2,1-2H3,(H,18,22)(H,20,21). The SMILES string of the molecule is CCC(C)Oc1cc(CNC(=O)N2CCOC(C(=O)O)C2)ccn1. The van der Waals surface area contributed by atoms with Crippen LogP contribution in [0.4, 0.5) is 4.79 Å². The van der Waals surface area contributed by atoms with Crippen molar-refractivity contribution in [1.82, 2.24) is 15.2 Å². The first-order valence-corrected chi connectivity index (χ1v) is 7.98. The average Bonchev–Trinajstić information content (AvgIpc) is 2.60. The van der Waals surface area contributed by atoms with Crippen LogP contribution in [-0.2, 0) is 16.1 Å². The summed E-state index contributed by atoms with van der Waals surface area (Å²) in [7, 11) is 0. The van der Waals surface area contributed by atoms with E-state index in [9.17, 15) is 9.59 Å². The normalized spacial score (nSPS) is 18.8. The van der Waals surface area contributed by atoms with Crippen LogP contribution in [0.15, 0.2) is 18.3 Å². The van der Waals surface area contributed by atoms with Gasteiger partial charge in [-0.05, 0) is 25.0 Å². The second kappa shape index (κ2) is 8.49. The van der Waals surface area contributed by atoms with Gasteiger partial charge in [0.15, 0.2) is 6.10 Å². The summed E-state index contributed by atoms with van der Waals surface area (Å²) in [6, 6.07) is 3.26. The number of amides is 2. The number of ether oxygens (including phenoxy) is 2. The summed E-state index contributed by atoms with van der Waals surface area (Å²) < 4.78 is 10.8. The van der Waals surface area contributed by atoms with E-state index >= 15 is 0 Å². The highest BCUT2D eigenvalue weighted by Crippen LogP contribution is 2.12. The molecule has 8 heteroatoms. The van der Waals surface area contributed by atoms with E-state index in [0.29, 0.717) is 19.0 Å². The molecule has 0 aromatic carbocycles. The molecule has 1 aliphatic rings. The summed E-state index contributed by atoms with van der Waals surface area (Å²) in [5.74, 6) is -0.540. The molecule has 1 aromatic heterocycles. The number of hydrogen-bond acceptors (Lipinski definition) is 5. The lowest BCUT2D eigenvalue weighted by Crippen LogP contribution is -2.51. The summed E-state index contributed by atoms with van der Waals surface area (Å²) in [4.78, 5) is 28.7. The summed E-state index contributed by atoms with van der Waals surface area (Å²) >= 11 is 0. The van der Waals surface area contributed by atoms with Gasteiger partial charge in [0.25, 0.3) is 0 Å². The zero-order valence-electron chi connectivity index (χ0n) is 13.9. The van der Waals surface area contributed by atoms with E-state index < -0.39 is 12.1 Å². The average molecular weight is 337 g/mol. The van der Waals surface area contributed by atoms with Crippen LogP contribution in [0.3, 0.4) is 0 Å². The van der Waals surface area contributed by atoms with Crippen LogP contribution < -0.4 is 10.1 Å². The Morgan fingerprint density at radius 3 is 3.08 bits per heavy atom. The fourth-order valence-corrected chi connectivity index (χ4v) is 2.19. The minimum Gasteiger partial charge on any atom is -0.479 e. The first-order chi connectivity index (χ1) is 11.5. The maximum absolute atomic E-state index is 12.2. The van der Waals surface area contributed by atoms with Crippen molar-refractivity contribution >= 4 is 12.0 Å². The highest BCUT2D eigenvalue weighted by Gasteiger charge is 2.28. The Hall–Kier alpha value is -2.35. The van der Waals surface area contributed by atoms with Crippen molar-refractivity contribution in [3.8, 4) is 5.88 Å². The highest BCUT2D eigenvalue weighted by molar-refractivity contribution is 5.77. The number of hydrogen-bond donors (Lipinski definition) is 2. The van der Waals surface area contributed by atoms with Crippen LogP contribution in [0.2, 0.25) is 0 Å².